The zero-order chi connectivity index (χ0) is 8.81. The molecule has 0 atom stereocenters. The summed E-state index contributed by atoms with van der Waals surface area (Å²) in [5, 5.41) is 0. The maximum absolute atomic E-state index is 5.74. The van der Waals surface area contributed by atoms with Gasteiger partial charge in [0, 0.05) is 18.5 Å². The van der Waals surface area contributed by atoms with Crippen LogP contribution in [0.1, 0.15) is 39.0 Å². The molecule has 0 heterocycles. The Morgan fingerprint density at radius 2 is 2.00 bits per heavy atom. The molecule has 0 bridgehead atoms. The van der Waals surface area contributed by atoms with E-state index in [9.17, 15) is 0 Å². The van der Waals surface area contributed by atoms with Gasteiger partial charge in [-0.25, -0.2) is 0 Å². The van der Waals surface area contributed by atoms with Crippen LogP contribution in [0.4, 0.5) is 0 Å². The molecule has 0 aliphatic heterocycles. The Kier molecular flexibility index (Phi) is 5.01. The number of unbranched alkanes of at least 4 members (excludes halogenated alkanes) is 2. The summed E-state index contributed by atoms with van der Waals surface area (Å²) >= 11 is 5.74. The van der Waals surface area contributed by atoms with Gasteiger partial charge in [0.15, 0.2) is 0 Å². The smallest absolute Gasteiger partial charge is 0.0351 e. The third-order valence-corrected chi connectivity index (χ3v) is 2.65. The third kappa shape index (κ3) is 3.77. The molecule has 0 aromatic heterocycles. The normalized spacial score (nSPS) is 17.2. The summed E-state index contributed by atoms with van der Waals surface area (Å²) in [7, 11) is 0. The first kappa shape index (κ1) is 10.3. The maximum atomic E-state index is 5.74. The van der Waals surface area contributed by atoms with E-state index in [2.05, 4.69) is 11.8 Å². The number of alkyl halides is 1. The summed E-state index contributed by atoms with van der Waals surface area (Å²) in [5.41, 5.74) is 0. The molecule has 72 valence electrons. The maximum Gasteiger partial charge on any atom is 0.0351 e. The second kappa shape index (κ2) is 5.82. The van der Waals surface area contributed by atoms with E-state index in [4.69, 9.17) is 11.6 Å². The van der Waals surface area contributed by atoms with Crippen LogP contribution >= 0.6 is 11.6 Å². The lowest BCUT2D eigenvalue weighted by atomic mass is 10.2. The van der Waals surface area contributed by atoms with Crippen molar-refractivity contribution >= 4 is 11.6 Å². The predicted molar refractivity (Wildman–Crippen MR) is 54.8 cm³/mol. The van der Waals surface area contributed by atoms with Crippen molar-refractivity contribution in [1.82, 2.24) is 4.90 Å². The molecule has 1 saturated carbocycles. The minimum Gasteiger partial charge on any atom is -0.299 e. The molecule has 0 N–H and O–H groups in total. The van der Waals surface area contributed by atoms with Crippen molar-refractivity contribution in [3.8, 4) is 0 Å². The molecule has 0 spiro atoms. The van der Waals surface area contributed by atoms with Crippen molar-refractivity contribution in [3.05, 3.63) is 0 Å². The minimum absolute atomic E-state index is 0.794. The van der Waals surface area contributed by atoms with E-state index in [0.29, 0.717) is 0 Å². The van der Waals surface area contributed by atoms with Crippen LogP contribution in [0.25, 0.3) is 0 Å². The van der Waals surface area contributed by atoms with Gasteiger partial charge in [0.1, 0.15) is 0 Å². The molecule has 1 fully saturated rings. The summed E-state index contributed by atoms with van der Waals surface area (Å²) in [5.74, 6) is 0.794. The third-order valence-electron chi connectivity index (χ3n) is 2.48. The number of nitrogens with zero attached hydrogens (tertiary/aromatic N) is 1. The first-order valence-electron chi connectivity index (χ1n) is 5.18. The van der Waals surface area contributed by atoms with Crippen molar-refractivity contribution in [1.29, 1.82) is 0 Å². The standard InChI is InChI=1S/C10H20ClN/c1-2-3-4-8-12(9-7-11)10-5-6-10/h10H,2-9H2,1H3. The highest BCUT2D eigenvalue weighted by Crippen LogP contribution is 2.26. The number of hydrogen-bond donors (Lipinski definition) is 0. The van der Waals surface area contributed by atoms with Crippen LogP contribution in [0.15, 0.2) is 0 Å². The molecular formula is C10H20ClN. The van der Waals surface area contributed by atoms with Crippen LogP contribution in [-0.2, 0) is 0 Å². The molecule has 0 amide bonds. The SMILES string of the molecule is CCCCCN(CCCl)C1CC1. The molecule has 2 heteroatoms. The van der Waals surface area contributed by atoms with Crippen molar-refractivity contribution in [2.45, 2.75) is 45.1 Å². The largest absolute Gasteiger partial charge is 0.299 e. The van der Waals surface area contributed by atoms with E-state index in [-0.39, 0.29) is 0 Å². The van der Waals surface area contributed by atoms with Gasteiger partial charge >= 0.3 is 0 Å². The Labute approximate surface area is 81.1 Å². The fraction of sp³-hybridized carbons (Fsp3) is 1.00. The van der Waals surface area contributed by atoms with Crippen molar-refractivity contribution < 1.29 is 0 Å². The lowest BCUT2D eigenvalue weighted by Crippen LogP contribution is -2.29. The number of hydrogen-bond acceptors (Lipinski definition) is 1. The van der Waals surface area contributed by atoms with Gasteiger partial charge in [0.25, 0.3) is 0 Å². The molecule has 1 aliphatic carbocycles. The van der Waals surface area contributed by atoms with Gasteiger partial charge in [-0.3, -0.25) is 4.90 Å². The van der Waals surface area contributed by atoms with E-state index in [1.54, 1.807) is 0 Å². The molecule has 0 aromatic rings. The lowest BCUT2D eigenvalue weighted by Gasteiger charge is -2.20. The average molecular weight is 190 g/mol. The van der Waals surface area contributed by atoms with Gasteiger partial charge in [0.2, 0.25) is 0 Å². The molecular weight excluding hydrogens is 170 g/mol. The van der Waals surface area contributed by atoms with Gasteiger partial charge in [-0.05, 0) is 25.8 Å². The van der Waals surface area contributed by atoms with Crippen LogP contribution in [0.5, 0.6) is 0 Å². The second-order valence-corrected chi connectivity index (χ2v) is 4.04. The first-order valence-corrected chi connectivity index (χ1v) is 5.72. The Bertz CT molecular complexity index is 112. The molecule has 12 heavy (non-hydrogen) atoms. The van der Waals surface area contributed by atoms with E-state index >= 15 is 0 Å². The summed E-state index contributed by atoms with van der Waals surface area (Å²) in [6, 6.07) is 0.889. The van der Waals surface area contributed by atoms with Crippen molar-refractivity contribution in [2.24, 2.45) is 0 Å². The average Bonchev–Trinajstić information content (AvgIpc) is 2.86. The van der Waals surface area contributed by atoms with Crippen LogP contribution in [-0.4, -0.2) is 29.9 Å². The van der Waals surface area contributed by atoms with Gasteiger partial charge in [-0.15, -0.1) is 11.6 Å². The molecule has 0 unspecified atom stereocenters. The highest BCUT2D eigenvalue weighted by Gasteiger charge is 2.27. The van der Waals surface area contributed by atoms with Crippen molar-refractivity contribution in [2.75, 3.05) is 19.0 Å². The van der Waals surface area contributed by atoms with Crippen LogP contribution in [0, 0.1) is 0 Å². The zero-order valence-electron chi connectivity index (χ0n) is 8.06. The molecule has 1 aliphatic rings. The van der Waals surface area contributed by atoms with Crippen LogP contribution < -0.4 is 0 Å². The van der Waals surface area contributed by atoms with E-state index in [0.717, 1.165) is 18.5 Å². The van der Waals surface area contributed by atoms with E-state index < -0.39 is 0 Å². The lowest BCUT2D eigenvalue weighted by molar-refractivity contribution is 0.273. The number of halogens is 1. The molecule has 1 rings (SSSR count). The number of rotatable bonds is 7. The van der Waals surface area contributed by atoms with Gasteiger partial charge < -0.3 is 0 Å². The van der Waals surface area contributed by atoms with Crippen LogP contribution in [0.2, 0.25) is 0 Å². The first-order chi connectivity index (χ1) is 5.88. The van der Waals surface area contributed by atoms with Crippen LogP contribution in [0.3, 0.4) is 0 Å². The summed E-state index contributed by atoms with van der Waals surface area (Å²) in [4.78, 5) is 2.56. The van der Waals surface area contributed by atoms with Gasteiger partial charge in [0.05, 0.1) is 0 Å². The molecule has 0 radical (unpaired) electrons. The topological polar surface area (TPSA) is 3.24 Å². The quantitative estimate of drug-likeness (QED) is 0.440. The van der Waals surface area contributed by atoms with Gasteiger partial charge in [-0.1, -0.05) is 19.8 Å². The summed E-state index contributed by atoms with van der Waals surface area (Å²) in [6.07, 6.45) is 6.85. The fourth-order valence-electron chi connectivity index (χ4n) is 1.59. The Morgan fingerprint density at radius 1 is 1.25 bits per heavy atom. The Hall–Kier alpha value is 0.250. The Morgan fingerprint density at radius 3 is 2.50 bits per heavy atom. The summed E-state index contributed by atoms with van der Waals surface area (Å²) in [6.45, 7) is 4.62. The minimum atomic E-state index is 0.794. The van der Waals surface area contributed by atoms with E-state index in [1.807, 2.05) is 0 Å². The summed E-state index contributed by atoms with van der Waals surface area (Å²) < 4.78 is 0. The van der Waals surface area contributed by atoms with Crippen molar-refractivity contribution in [3.63, 3.8) is 0 Å². The highest BCUT2D eigenvalue weighted by atomic mass is 35.5. The Balaban J connectivity index is 2.05. The monoisotopic (exact) mass is 189 g/mol. The van der Waals surface area contributed by atoms with E-state index in [1.165, 1.54) is 38.6 Å². The highest BCUT2D eigenvalue weighted by molar-refractivity contribution is 6.18. The molecule has 1 nitrogen and oxygen atoms in total. The fourth-order valence-corrected chi connectivity index (χ4v) is 1.81. The van der Waals surface area contributed by atoms with Gasteiger partial charge in [-0.2, -0.15) is 0 Å². The molecule has 0 aromatic carbocycles. The zero-order valence-corrected chi connectivity index (χ0v) is 8.82. The predicted octanol–water partition coefficient (Wildman–Crippen LogP) is 2.88. The molecule has 0 saturated heterocycles. The second-order valence-electron chi connectivity index (χ2n) is 3.66.